The lowest BCUT2D eigenvalue weighted by molar-refractivity contribution is -0.0466. The molecule has 2 heterocycles. The Balaban J connectivity index is 0.00000120. The molecule has 0 saturated carbocycles. The van der Waals surface area contributed by atoms with Gasteiger partial charge in [0.2, 0.25) is 0 Å². The van der Waals surface area contributed by atoms with Crippen molar-refractivity contribution >= 4 is 12.4 Å². The standard InChI is InChI=1S/C15H21NO.ClH/c1-10(2)16-13-8-9-14(17-3)15(16)12-7-5-4-6-11(12)13;/h4-7,10,13-15H,8-9H2,1-3H3;1H. The van der Waals surface area contributed by atoms with E-state index < -0.39 is 0 Å². The third-order valence-electron chi connectivity index (χ3n) is 4.33. The quantitative estimate of drug-likeness (QED) is 0.810. The molecule has 0 N–H and O–H groups in total. The molecular formula is C15H22ClNO. The van der Waals surface area contributed by atoms with Gasteiger partial charge in [-0.3, -0.25) is 4.90 Å². The van der Waals surface area contributed by atoms with E-state index in [-0.39, 0.29) is 12.4 Å². The van der Waals surface area contributed by atoms with E-state index in [2.05, 4.69) is 43.0 Å². The van der Waals surface area contributed by atoms with E-state index in [1.165, 1.54) is 24.0 Å². The van der Waals surface area contributed by atoms with Gasteiger partial charge in [0.1, 0.15) is 0 Å². The molecule has 0 radical (unpaired) electrons. The van der Waals surface area contributed by atoms with E-state index in [1.807, 2.05) is 7.11 Å². The molecule has 1 aromatic rings. The summed E-state index contributed by atoms with van der Waals surface area (Å²) in [4.78, 5) is 2.64. The number of ether oxygens (including phenoxy) is 1. The van der Waals surface area contributed by atoms with Gasteiger partial charge >= 0.3 is 0 Å². The van der Waals surface area contributed by atoms with Gasteiger partial charge in [0, 0.05) is 19.2 Å². The first kappa shape index (κ1) is 13.9. The van der Waals surface area contributed by atoms with E-state index in [9.17, 15) is 0 Å². The zero-order valence-electron chi connectivity index (χ0n) is 11.3. The van der Waals surface area contributed by atoms with E-state index in [0.717, 1.165) is 0 Å². The van der Waals surface area contributed by atoms with Crippen LogP contribution in [-0.4, -0.2) is 24.2 Å². The fourth-order valence-corrected chi connectivity index (χ4v) is 3.70. The summed E-state index contributed by atoms with van der Waals surface area (Å²) in [6.07, 6.45) is 2.77. The monoisotopic (exact) mass is 267 g/mol. The van der Waals surface area contributed by atoms with Gasteiger partial charge in [0.25, 0.3) is 0 Å². The Morgan fingerprint density at radius 1 is 1.17 bits per heavy atom. The normalized spacial score (nSPS) is 30.1. The number of fused-ring (bicyclic) bond motifs is 5. The molecule has 3 atom stereocenters. The number of halogens is 1. The van der Waals surface area contributed by atoms with Crippen molar-refractivity contribution in [1.82, 2.24) is 4.90 Å². The van der Waals surface area contributed by atoms with E-state index in [1.54, 1.807) is 0 Å². The molecular weight excluding hydrogens is 246 g/mol. The molecule has 2 aliphatic heterocycles. The molecule has 0 aliphatic carbocycles. The Kier molecular flexibility index (Phi) is 4.00. The molecule has 1 aromatic carbocycles. The summed E-state index contributed by atoms with van der Waals surface area (Å²) in [6.45, 7) is 4.59. The highest BCUT2D eigenvalue weighted by Gasteiger charge is 2.46. The summed E-state index contributed by atoms with van der Waals surface area (Å²) >= 11 is 0. The fraction of sp³-hybridized carbons (Fsp3) is 0.600. The zero-order chi connectivity index (χ0) is 12.0. The van der Waals surface area contributed by atoms with E-state index >= 15 is 0 Å². The van der Waals surface area contributed by atoms with Crippen LogP contribution in [0.1, 0.15) is 49.9 Å². The lowest BCUT2D eigenvalue weighted by atomic mass is 9.96. The van der Waals surface area contributed by atoms with Crippen LogP contribution < -0.4 is 0 Å². The van der Waals surface area contributed by atoms with Gasteiger partial charge in [-0.2, -0.15) is 0 Å². The molecule has 3 rings (SSSR count). The lowest BCUT2D eigenvalue weighted by Gasteiger charge is -2.42. The molecule has 0 amide bonds. The van der Waals surface area contributed by atoms with Crippen molar-refractivity contribution in [3.63, 3.8) is 0 Å². The lowest BCUT2D eigenvalue weighted by Crippen LogP contribution is -2.42. The van der Waals surface area contributed by atoms with Crippen molar-refractivity contribution in [2.45, 2.75) is 50.9 Å². The maximum atomic E-state index is 5.72. The predicted molar refractivity (Wildman–Crippen MR) is 76.2 cm³/mol. The molecule has 0 aromatic heterocycles. The molecule has 100 valence electrons. The van der Waals surface area contributed by atoms with Crippen LogP contribution in [0.4, 0.5) is 0 Å². The van der Waals surface area contributed by atoms with Crippen molar-refractivity contribution in [1.29, 1.82) is 0 Å². The summed E-state index contributed by atoms with van der Waals surface area (Å²) < 4.78 is 5.72. The van der Waals surface area contributed by atoms with E-state index in [0.29, 0.717) is 24.2 Å². The van der Waals surface area contributed by atoms with E-state index in [4.69, 9.17) is 4.74 Å². The van der Waals surface area contributed by atoms with Crippen LogP contribution in [0.3, 0.4) is 0 Å². The predicted octanol–water partition coefficient (Wildman–Crippen LogP) is 3.72. The number of methoxy groups -OCH3 is 1. The summed E-state index contributed by atoms with van der Waals surface area (Å²) in [5.41, 5.74) is 3.03. The summed E-state index contributed by atoms with van der Waals surface area (Å²) in [6, 6.07) is 10.6. The van der Waals surface area contributed by atoms with Crippen LogP contribution in [0.25, 0.3) is 0 Å². The van der Waals surface area contributed by atoms with Crippen molar-refractivity contribution in [2.24, 2.45) is 0 Å². The third-order valence-corrected chi connectivity index (χ3v) is 4.33. The summed E-state index contributed by atoms with van der Waals surface area (Å²) in [7, 11) is 1.85. The Morgan fingerprint density at radius 3 is 2.44 bits per heavy atom. The number of nitrogens with zero attached hydrogens (tertiary/aromatic N) is 1. The number of piperidine rings is 1. The number of hydrogen-bond acceptors (Lipinski definition) is 2. The number of rotatable bonds is 2. The zero-order valence-corrected chi connectivity index (χ0v) is 12.1. The van der Waals surface area contributed by atoms with Gasteiger partial charge < -0.3 is 4.74 Å². The molecule has 18 heavy (non-hydrogen) atoms. The maximum absolute atomic E-state index is 5.72. The Labute approximate surface area is 116 Å². The van der Waals surface area contributed by atoms with Gasteiger partial charge in [-0.05, 0) is 37.8 Å². The molecule has 1 fully saturated rings. The Bertz CT molecular complexity index is 421. The fourth-order valence-electron chi connectivity index (χ4n) is 3.70. The van der Waals surface area contributed by atoms with Crippen LogP contribution in [0, 0.1) is 0 Å². The number of benzene rings is 1. The Hall–Kier alpha value is -0.570. The Morgan fingerprint density at radius 2 is 1.83 bits per heavy atom. The summed E-state index contributed by atoms with van der Waals surface area (Å²) in [5.74, 6) is 0. The second-order valence-electron chi connectivity index (χ2n) is 5.48. The first-order valence-corrected chi connectivity index (χ1v) is 6.63. The van der Waals surface area contributed by atoms with Crippen LogP contribution in [0.2, 0.25) is 0 Å². The minimum absolute atomic E-state index is 0. The highest BCUT2D eigenvalue weighted by atomic mass is 35.5. The molecule has 2 nitrogen and oxygen atoms in total. The first-order chi connectivity index (χ1) is 8.24. The van der Waals surface area contributed by atoms with Gasteiger partial charge in [0.15, 0.2) is 0 Å². The maximum Gasteiger partial charge on any atom is 0.0769 e. The molecule has 2 aliphatic rings. The van der Waals surface area contributed by atoms with Gasteiger partial charge in [-0.25, -0.2) is 0 Å². The van der Waals surface area contributed by atoms with Crippen molar-refractivity contribution in [3.05, 3.63) is 35.4 Å². The SMILES string of the molecule is COC1CCC2c3ccccc3C1N2C(C)C.Cl. The molecule has 3 unspecified atom stereocenters. The summed E-state index contributed by atoms with van der Waals surface area (Å²) in [5, 5.41) is 0. The van der Waals surface area contributed by atoms with Crippen LogP contribution in [-0.2, 0) is 4.74 Å². The third kappa shape index (κ3) is 1.87. The smallest absolute Gasteiger partial charge is 0.0769 e. The van der Waals surface area contributed by atoms with Gasteiger partial charge in [-0.15, -0.1) is 12.4 Å². The molecule has 3 heteroatoms. The second kappa shape index (κ2) is 5.20. The highest BCUT2D eigenvalue weighted by molar-refractivity contribution is 5.85. The van der Waals surface area contributed by atoms with Gasteiger partial charge in [-0.1, -0.05) is 24.3 Å². The number of hydrogen-bond donors (Lipinski definition) is 0. The van der Waals surface area contributed by atoms with Crippen LogP contribution >= 0.6 is 12.4 Å². The van der Waals surface area contributed by atoms with Crippen LogP contribution in [0.15, 0.2) is 24.3 Å². The molecule has 2 bridgehead atoms. The van der Waals surface area contributed by atoms with Crippen molar-refractivity contribution in [2.75, 3.05) is 7.11 Å². The highest BCUT2D eigenvalue weighted by Crippen LogP contribution is 2.52. The second-order valence-corrected chi connectivity index (χ2v) is 5.48. The van der Waals surface area contributed by atoms with Gasteiger partial charge in [0.05, 0.1) is 12.1 Å². The minimum Gasteiger partial charge on any atom is -0.379 e. The first-order valence-electron chi connectivity index (χ1n) is 6.63. The molecule has 0 spiro atoms. The largest absolute Gasteiger partial charge is 0.379 e. The average Bonchev–Trinajstić information content (AvgIpc) is 2.59. The minimum atomic E-state index is 0. The van der Waals surface area contributed by atoms with Crippen LogP contribution in [0.5, 0.6) is 0 Å². The van der Waals surface area contributed by atoms with Crippen molar-refractivity contribution in [3.8, 4) is 0 Å². The van der Waals surface area contributed by atoms with Crippen molar-refractivity contribution < 1.29 is 4.74 Å². The average molecular weight is 268 g/mol. The topological polar surface area (TPSA) is 12.5 Å². The molecule has 1 saturated heterocycles.